The summed E-state index contributed by atoms with van der Waals surface area (Å²) in [4.78, 5) is 22.6. The number of anilines is 2. The van der Waals surface area contributed by atoms with E-state index in [0.29, 0.717) is 16.6 Å². The van der Waals surface area contributed by atoms with Gasteiger partial charge in [0.2, 0.25) is 11.1 Å². The normalized spacial score (nSPS) is 11.9. The number of nitrogens with zero attached hydrogens (tertiary/aromatic N) is 5. The zero-order valence-electron chi connectivity index (χ0n) is 18.1. The number of nitrogens with one attached hydrogen (secondary N) is 2. The smallest absolute Gasteiger partial charge is 0.270 e. The topological polar surface area (TPSA) is 153 Å². The molecule has 0 aliphatic heterocycles. The molecule has 3 aromatic rings. The number of nitro groups is 1. The van der Waals surface area contributed by atoms with Crippen LogP contribution in [0.3, 0.4) is 0 Å². The van der Waals surface area contributed by atoms with Gasteiger partial charge in [-0.05, 0) is 30.0 Å². The minimum atomic E-state index is -0.483. The van der Waals surface area contributed by atoms with Crippen LogP contribution in [0.5, 0.6) is 0 Å². The van der Waals surface area contributed by atoms with Crippen molar-refractivity contribution in [1.82, 2.24) is 14.9 Å². The summed E-state index contributed by atoms with van der Waals surface area (Å²) in [6.07, 6.45) is 2.45. The number of amides is 1. The standard InChI is InChI=1S/C21H24N8O3S/c1-3-14(2)16-7-9-17(10-8-16)24-19(30)13-33-21-27-26-20(28(21)22)25-23-12-15-5-4-6-18(11-15)29(31)32/h4-12,14H,3,13,22H2,1-2H3,(H,24,30)(H,25,26)/b23-12+. The van der Waals surface area contributed by atoms with Crippen LogP contribution in [0.25, 0.3) is 0 Å². The van der Waals surface area contributed by atoms with Crippen molar-refractivity contribution < 1.29 is 9.72 Å². The lowest BCUT2D eigenvalue weighted by Crippen LogP contribution is -2.17. The first-order chi connectivity index (χ1) is 15.9. The molecule has 172 valence electrons. The summed E-state index contributed by atoms with van der Waals surface area (Å²) in [5.41, 5.74) is 5.07. The van der Waals surface area contributed by atoms with Gasteiger partial charge in [-0.15, -0.1) is 10.2 Å². The van der Waals surface area contributed by atoms with E-state index in [1.807, 2.05) is 24.3 Å². The minimum absolute atomic E-state index is 0.0376. The molecule has 1 unspecified atom stereocenters. The van der Waals surface area contributed by atoms with Crippen LogP contribution < -0.4 is 16.6 Å². The van der Waals surface area contributed by atoms with Crippen LogP contribution in [0.2, 0.25) is 0 Å². The fourth-order valence-electron chi connectivity index (χ4n) is 2.79. The van der Waals surface area contributed by atoms with E-state index in [9.17, 15) is 14.9 Å². The Balaban J connectivity index is 1.51. The first-order valence-corrected chi connectivity index (χ1v) is 11.1. The van der Waals surface area contributed by atoms with Crippen molar-refractivity contribution in [2.75, 3.05) is 22.3 Å². The third kappa shape index (κ3) is 6.53. The second kappa shape index (κ2) is 11.1. The van der Waals surface area contributed by atoms with Crippen molar-refractivity contribution in [3.63, 3.8) is 0 Å². The summed E-state index contributed by atoms with van der Waals surface area (Å²) in [7, 11) is 0. The van der Waals surface area contributed by atoms with E-state index in [2.05, 4.69) is 39.9 Å². The summed E-state index contributed by atoms with van der Waals surface area (Å²) in [6, 6.07) is 13.8. The molecule has 0 radical (unpaired) electrons. The highest BCUT2D eigenvalue weighted by Crippen LogP contribution is 2.21. The second-order valence-corrected chi connectivity index (χ2v) is 8.11. The molecule has 1 heterocycles. The molecule has 0 saturated carbocycles. The van der Waals surface area contributed by atoms with Gasteiger partial charge < -0.3 is 11.2 Å². The molecule has 33 heavy (non-hydrogen) atoms. The summed E-state index contributed by atoms with van der Waals surface area (Å²) in [5, 5.41) is 25.8. The van der Waals surface area contributed by atoms with Gasteiger partial charge in [-0.3, -0.25) is 14.9 Å². The maximum absolute atomic E-state index is 12.3. The molecule has 0 fully saturated rings. The third-order valence-electron chi connectivity index (χ3n) is 4.83. The molecule has 0 aliphatic rings. The van der Waals surface area contributed by atoms with Crippen LogP contribution in [0.4, 0.5) is 17.3 Å². The number of hydrogen-bond donors (Lipinski definition) is 3. The molecule has 12 heteroatoms. The van der Waals surface area contributed by atoms with Crippen LogP contribution in [0, 0.1) is 10.1 Å². The lowest BCUT2D eigenvalue weighted by molar-refractivity contribution is -0.384. The first-order valence-electron chi connectivity index (χ1n) is 10.1. The minimum Gasteiger partial charge on any atom is -0.334 e. The van der Waals surface area contributed by atoms with Gasteiger partial charge in [0.25, 0.3) is 11.6 Å². The van der Waals surface area contributed by atoms with Gasteiger partial charge >= 0.3 is 0 Å². The van der Waals surface area contributed by atoms with Gasteiger partial charge in [-0.25, -0.2) is 10.1 Å². The van der Waals surface area contributed by atoms with E-state index in [1.165, 1.54) is 28.6 Å². The summed E-state index contributed by atoms with van der Waals surface area (Å²) >= 11 is 1.13. The predicted molar refractivity (Wildman–Crippen MR) is 129 cm³/mol. The fourth-order valence-corrected chi connectivity index (χ4v) is 3.45. The number of hydrazone groups is 1. The van der Waals surface area contributed by atoms with E-state index < -0.39 is 4.92 Å². The Hall–Kier alpha value is -3.93. The van der Waals surface area contributed by atoms with E-state index >= 15 is 0 Å². The van der Waals surface area contributed by atoms with Crippen molar-refractivity contribution in [3.05, 3.63) is 69.8 Å². The zero-order valence-corrected chi connectivity index (χ0v) is 19.0. The van der Waals surface area contributed by atoms with Gasteiger partial charge in [0.15, 0.2) is 0 Å². The average Bonchev–Trinajstić information content (AvgIpc) is 3.17. The Labute approximate surface area is 194 Å². The Kier molecular flexibility index (Phi) is 7.97. The van der Waals surface area contributed by atoms with Crippen molar-refractivity contribution in [1.29, 1.82) is 0 Å². The largest absolute Gasteiger partial charge is 0.334 e. The number of nitrogens with two attached hydrogens (primary N) is 1. The monoisotopic (exact) mass is 468 g/mol. The molecule has 0 saturated heterocycles. The maximum Gasteiger partial charge on any atom is 0.270 e. The van der Waals surface area contributed by atoms with Crippen LogP contribution in [0.15, 0.2) is 58.8 Å². The van der Waals surface area contributed by atoms with E-state index in [-0.39, 0.29) is 23.3 Å². The number of rotatable bonds is 10. The molecule has 1 aromatic heterocycles. The van der Waals surface area contributed by atoms with E-state index in [4.69, 9.17) is 5.84 Å². The maximum atomic E-state index is 12.3. The third-order valence-corrected chi connectivity index (χ3v) is 5.78. The fraction of sp³-hybridized carbons (Fsp3) is 0.238. The first kappa shape index (κ1) is 23.7. The Morgan fingerprint density at radius 3 is 2.76 bits per heavy atom. The second-order valence-electron chi connectivity index (χ2n) is 7.17. The zero-order chi connectivity index (χ0) is 23.8. The number of nitrogen functional groups attached to an aromatic ring is 1. The van der Waals surface area contributed by atoms with E-state index in [0.717, 1.165) is 23.9 Å². The molecule has 2 aromatic carbocycles. The van der Waals surface area contributed by atoms with Crippen molar-refractivity contribution in [2.45, 2.75) is 31.3 Å². The number of hydrogen-bond acceptors (Lipinski definition) is 9. The molecule has 1 atom stereocenters. The van der Waals surface area contributed by atoms with Gasteiger partial charge in [-0.1, -0.05) is 49.9 Å². The predicted octanol–water partition coefficient (Wildman–Crippen LogP) is 3.59. The van der Waals surface area contributed by atoms with Crippen LogP contribution in [-0.2, 0) is 4.79 Å². The molecule has 4 N–H and O–H groups in total. The van der Waals surface area contributed by atoms with Gasteiger partial charge in [0, 0.05) is 23.4 Å². The van der Waals surface area contributed by atoms with Crippen molar-refractivity contribution in [3.8, 4) is 0 Å². The molecule has 1 amide bonds. The molecule has 3 rings (SSSR count). The molecule has 0 aliphatic carbocycles. The quantitative estimate of drug-likeness (QED) is 0.134. The van der Waals surface area contributed by atoms with Crippen molar-refractivity contribution in [2.24, 2.45) is 5.10 Å². The molecular formula is C21H24N8O3S. The lowest BCUT2D eigenvalue weighted by Gasteiger charge is -2.10. The lowest BCUT2D eigenvalue weighted by atomic mass is 9.99. The number of carbonyl (C=O) groups is 1. The average molecular weight is 469 g/mol. The number of aromatic nitrogens is 3. The molecule has 11 nitrogen and oxygen atoms in total. The van der Waals surface area contributed by atoms with Gasteiger partial charge in [-0.2, -0.15) is 5.10 Å². The molecular weight excluding hydrogens is 444 g/mol. The van der Waals surface area contributed by atoms with Crippen molar-refractivity contribution >= 4 is 41.2 Å². The highest BCUT2D eigenvalue weighted by Gasteiger charge is 2.12. The number of thioether (sulfide) groups is 1. The summed E-state index contributed by atoms with van der Waals surface area (Å²) in [6.45, 7) is 4.30. The summed E-state index contributed by atoms with van der Waals surface area (Å²) < 4.78 is 1.17. The number of non-ortho nitro benzene ring substituents is 1. The van der Waals surface area contributed by atoms with Crippen LogP contribution in [-0.4, -0.2) is 37.7 Å². The van der Waals surface area contributed by atoms with Gasteiger partial charge in [0.1, 0.15) is 0 Å². The highest BCUT2D eigenvalue weighted by atomic mass is 32.2. The number of nitro benzene ring substituents is 1. The summed E-state index contributed by atoms with van der Waals surface area (Å²) in [5.74, 6) is 6.48. The van der Waals surface area contributed by atoms with Crippen LogP contribution >= 0.6 is 11.8 Å². The highest BCUT2D eigenvalue weighted by molar-refractivity contribution is 7.99. The molecule has 0 spiro atoms. The van der Waals surface area contributed by atoms with Gasteiger partial charge in [0.05, 0.1) is 16.9 Å². The Bertz CT molecular complexity index is 1150. The SMILES string of the molecule is CCC(C)c1ccc(NC(=O)CSc2nnc(N/N=C/c3cccc([N+](=O)[O-])c3)n2N)cc1. The number of benzene rings is 2. The number of carbonyl (C=O) groups excluding carboxylic acids is 1. The van der Waals surface area contributed by atoms with E-state index in [1.54, 1.807) is 12.1 Å². The molecule has 0 bridgehead atoms. The Morgan fingerprint density at radius 2 is 2.06 bits per heavy atom. The Morgan fingerprint density at radius 1 is 1.30 bits per heavy atom. The van der Waals surface area contributed by atoms with Crippen LogP contribution in [0.1, 0.15) is 37.3 Å².